The molecule has 1 aromatic rings. The van der Waals surface area contributed by atoms with Gasteiger partial charge in [0, 0.05) is 24.7 Å². The van der Waals surface area contributed by atoms with E-state index in [2.05, 4.69) is 17.3 Å². The van der Waals surface area contributed by atoms with E-state index in [1.54, 1.807) is 25.3 Å². The zero-order valence-corrected chi connectivity index (χ0v) is 12.6. The van der Waals surface area contributed by atoms with E-state index < -0.39 is 0 Å². The summed E-state index contributed by atoms with van der Waals surface area (Å²) in [4.78, 5) is 16.4. The molecule has 2 rings (SSSR count). The second kappa shape index (κ2) is 6.81. The van der Waals surface area contributed by atoms with E-state index in [1.807, 2.05) is 4.90 Å². The summed E-state index contributed by atoms with van der Waals surface area (Å²) in [6.07, 6.45) is 0.983. The molecule has 0 aromatic heterocycles. The minimum atomic E-state index is -0.110. The lowest BCUT2D eigenvalue weighted by Crippen LogP contribution is -2.37. The summed E-state index contributed by atoms with van der Waals surface area (Å²) in [5.41, 5.74) is 0.600. The van der Waals surface area contributed by atoms with Gasteiger partial charge < -0.3 is 19.9 Å². The Morgan fingerprint density at radius 1 is 1.30 bits per heavy atom. The molecule has 2 amide bonds. The van der Waals surface area contributed by atoms with Crippen molar-refractivity contribution >= 4 is 23.3 Å². The Morgan fingerprint density at radius 2 is 2.10 bits per heavy atom. The average molecular weight is 298 g/mol. The highest BCUT2D eigenvalue weighted by Crippen LogP contribution is 2.27. The summed E-state index contributed by atoms with van der Waals surface area (Å²) in [5, 5.41) is 3.44. The first-order valence-corrected chi connectivity index (χ1v) is 7.06. The standard InChI is InChI=1S/C14H20ClN3O2/c1-17-6-3-7-18(9-8-17)14(19)16-12-10-11(15)4-5-13(12)20-2/h4-5,10H,3,6-9H2,1-2H3,(H,16,19). The van der Waals surface area contributed by atoms with Gasteiger partial charge in [-0.05, 0) is 38.2 Å². The van der Waals surface area contributed by atoms with E-state index in [4.69, 9.17) is 16.3 Å². The zero-order valence-electron chi connectivity index (χ0n) is 11.9. The summed E-state index contributed by atoms with van der Waals surface area (Å²) in [6.45, 7) is 3.40. The van der Waals surface area contributed by atoms with Gasteiger partial charge in [0.2, 0.25) is 0 Å². The van der Waals surface area contributed by atoms with E-state index in [-0.39, 0.29) is 6.03 Å². The predicted molar refractivity (Wildman–Crippen MR) is 80.7 cm³/mol. The molecule has 0 spiro atoms. The molecule has 5 nitrogen and oxygen atoms in total. The van der Waals surface area contributed by atoms with Gasteiger partial charge in [-0.1, -0.05) is 11.6 Å². The van der Waals surface area contributed by atoms with Crippen molar-refractivity contribution in [1.82, 2.24) is 9.80 Å². The van der Waals surface area contributed by atoms with Gasteiger partial charge in [-0.15, -0.1) is 0 Å². The first-order chi connectivity index (χ1) is 9.60. The number of anilines is 1. The maximum Gasteiger partial charge on any atom is 0.321 e. The van der Waals surface area contributed by atoms with Crippen LogP contribution in [0, 0.1) is 0 Å². The van der Waals surface area contributed by atoms with Gasteiger partial charge in [0.25, 0.3) is 0 Å². The van der Waals surface area contributed by atoms with Crippen molar-refractivity contribution in [3.8, 4) is 5.75 Å². The zero-order chi connectivity index (χ0) is 14.5. The number of amides is 2. The lowest BCUT2D eigenvalue weighted by molar-refractivity contribution is 0.213. The number of benzene rings is 1. The number of hydrogen-bond acceptors (Lipinski definition) is 3. The number of nitrogens with one attached hydrogen (secondary N) is 1. The molecule has 0 radical (unpaired) electrons. The largest absolute Gasteiger partial charge is 0.495 e. The highest BCUT2D eigenvalue weighted by molar-refractivity contribution is 6.31. The lowest BCUT2D eigenvalue weighted by Gasteiger charge is -2.21. The molecule has 1 aliphatic rings. The molecule has 110 valence electrons. The SMILES string of the molecule is COc1ccc(Cl)cc1NC(=O)N1CCCN(C)CC1. The maximum absolute atomic E-state index is 12.3. The molecule has 0 aliphatic carbocycles. The van der Waals surface area contributed by atoms with E-state index in [1.165, 1.54) is 0 Å². The van der Waals surface area contributed by atoms with Crippen LogP contribution in [0.25, 0.3) is 0 Å². The summed E-state index contributed by atoms with van der Waals surface area (Å²) < 4.78 is 5.23. The fraction of sp³-hybridized carbons (Fsp3) is 0.500. The summed E-state index contributed by atoms with van der Waals surface area (Å²) in [7, 11) is 3.64. The molecule has 20 heavy (non-hydrogen) atoms. The second-order valence-corrected chi connectivity index (χ2v) is 5.36. The van der Waals surface area contributed by atoms with Crippen molar-refractivity contribution < 1.29 is 9.53 Å². The molecule has 1 fully saturated rings. The van der Waals surface area contributed by atoms with Gasteiger partial charge in [-0.25, -0.2) is 4.79 Å². The third-order valence-electron chi connectivity index (χ3n) is 3.41. The molecule has 0 unspecified atom stereocenters. The Labute approximate surface area is 124 Å². The number of ether oxygens (including phenoxy) is 1. The minimum Gasteiger partial charge on any atom is -0.495 e. The quantitative estimate of drug-likeness (QED) is 0.912. The first kappa shape index (κ1) is 14.9. The highest BCUT2D eigenvalue weighted by Gasteiger charge is 2.18. The Balaban J connectivity index is 2.05. The predicted octanol–water partition coefficient (Wildman–Crippen LogP) is 2.52. The number of hydrogen-bond donors (Lipinski definition) is 1. The molecular weight excluding hydrogens is 278 g/mol. The smallest absolute Gasteiger partial charge is 0.321 e. The van der Waals surface area contributed by atoms with Crippen molar-refractivity contribution in [1.29, 1.82) is 0 Å². The normalized spacial score (nSPS) is 16.6. The van der Waals surface area contributed by atoms with Crippen LogP contribution in [0.4, 0.5) is 10.5 Å². The van der Waals surface area contributed by atoms with Crippen LogP contribution in [-0.2, 0) is 0 Å². The molecule has 0 saturated carbocycles. The Morgan fingerprint density at radius 3 is 2.85 bits per heavy atom. The van der Waals surface area contributed by atoms with Crippen molar-refractivity contribution in [2.24, 2.45) is 0 Å². The van der Waals surface area contributed by atoms with Gasteiger partial charge >= 0.3 is 6.03 Å². The second-order valence-electron chi connectivity index (χ2n) is 4.92. The van der Waals surface area contributed by atoms with E-state index in [9.17, 15) is 4.79 Å². The Kier molecular flexibility index (Phi) is 5.09. The number of carbonyl (C=O) groups is 1. The molecule has 1 aliphatic heterocycles. The van der Waals surface area contributed by atoms with Crippen molar-refractivity contribution in [2.45, 2.75) is 6.42 Å². The first-order valence-electron chi connectivity index (χ1n) is 6.68. The minimum absolute atomic E-state index is 0.110. The molecule has 6 heteroatoms. The van der Waals surface area contributed by atoms with Crippen LogP contribution in [0.3, 0.4) is 0 Å². The van der Waals surface area contributed by atoms with Crippen LogP contribution in [0.5, 0.6) is 5.75 Å². The van der Waals surface area contributed by atoms with E-state index in [0.717, 1.165) is 32.6 Å². The summed E-state index contributed by atoms with van der Waals surface area (Å²) >= 11 is 5.96. The van der Waals surface area contributed by atoms with Crippen LogP contribution in [0.15, 0.2) is 18.2 Å². The molecule has 1 saturated heterocycles. The van der Waals surface area contributed by atoms with Gasteiger partial charge in [0.05, 0.1) is 12.8 Å². The molecule has 0 bridgehead atoms. The number of methoxy groups -OCH3 is 1. The number of nitrogens with zero attached hydrogens (tertiary/aromatic N) is 2. The van der Waals surface area contributed by atoms with Gasteiger partial charge in [0.15, 0.2) is 0 Å². The molecule has 1 N–H and O–H groups in total. The topological polar surface area (TPSA) is 44.8 Å². The van der Waals surface area contributed by atoms with Gasteiger partial charge in [-0.2, -0.15) is 0 Å². The summed E-state index contributed by atoms with van der Waals surface area (Å²) in [6, 6.07) is 5.06. The molecule has 0 atom stereocenters. The van der Waals surface area contributed by atoms with E-state index >= 15 is 0 Å². The van der Waals surface area contributed by atoms with Gasteiger partial charge in [-0.3, -0.25) is 0 Å². The van der Waals surface area contributed by atoms with E-state index in [0.29, 0.717) is 16.5 Å². The molecule has 1 aromatic carbocycles. The third kappa shape index (κ3) is 3.77. The Hall–Kier alpha value is -1.46. The number of likely N-dealkylation sites (N-methyl/N-ethyl adjacent to an activating group) is 1. The molecule has 1 heterocycles. The van der Waals surface area contributed by atoms with Crippen molar-refractivity contribution in [3.63, 3.8) is 0 Å². The number of halogens is 1. The Bertz CT molecular complexity index is 481. The number of urea groups is 1. The van der Waals surface area contributed by atoms with Crippen LogP contribution < -0.4 is 10.1 Å². The van der Waals surface area contributed by atoms with Crippen molar-refractivity contribution in [3.05, 3.63) is 23.2 Å². The monoisotopic (exact) mass is 297 g/mol. The maximum atomic E-state index is 12.3. The highest BCUT2D eigenvalue weighted by atomic mass is 35.5. The third-order valence-corrected chi connectivity index (χ3v) is 3.64. The van der Waals surface area contributed by atoms with Crippen LogP contribution in [-0.4, -0.2) is 56.2 Å². The fourth-order valence-electron chi connectivity index (χ4n) is 2.22. The van der Waals surface area contributed by atoms with Gasteiger partial charge in [0.1, 0.15) is 5.75 Å². The lowest BCUT2D eigenvalue weighted by atomic mass is 10.3. The summed E-state index contributed by atoms with van der Waals surface area (Å²) in [5.74, 6) is 0.606. The van der Waals surface area contributed by atoms with Crippen LogP contribution >= 0.6 is 11.6 Å². The van der Waals surface area contributed by atoms with Crippen molar-refractivity contribution in [2.75, 3.05) is 45.7 Å². The van der Waals surface area contributed by atoms with Crippen LogP contribution in [0.1, 0.15) is 6.42 Å². The number of rotatable bonds is 2. The van der Waals surface area contributed by atoms with Crippen LogP contribution in [0.2, 0.25) is 5.02 Å². The fourth-order valence-corrected chi connectivity index (χ4v) is 2.39. The molecular formula is C14H20ClN3O2. The average Bonchev–Trinajstić information content (AvgIpc) is 2.64. The number of carbonyl (C=O) groups excluding carboxylic acids is 1.